The summed E-state index contributed by atoms with van der Waals surface area (Å²) in [6, 6.07) is 0. The van der Waals surface area contributed by atoms with E-state index in [1.54, 1.807) is 6.33 Å². The lowest BCUT2D eigenvalue weighted by Gasteiger charge is -2.15. The molecule has 1 N–H and O–H groups in total. The van der Waals surface area contributed by atoms with Crippen molar-refractivity contribution in [1.82, 2.24) is 15.0 Å². The Hall–Kier alpha value is -2.34. The summed E-state index contributed by atoms with van der Waals surface area (Å²) in [4.78, 5) is 26.4. The molecule has 0 spiro atoms. The summed E-state index contributed by atoms with van der Waals surface area (Å²) < 4.78 is 0. The van der Waals surface area contributed by atoms with E-state index in [9.17, 15) is 4.79 Å². The summed E-state index contributed by atoms with van der Waals surface area (Å²) in [5.41, 5.74) is 5.16. The van der Waals surface area contributed by atoms with Crippen LogP contribution in [0.15, 0.2) is 12.4 Å². The number of anilines is 1. The zero-order chi connectivity index (χ0) is 17.6. The van der Waals surface area contributed by atoms with Crippen LogP contribution in [0.5, 0.6) is 0 Å². The maximum absolute atomic E-state index is 12.0. The monoisotopic (exact) mass is 352 g/mol. The van der Waals surface area contributed by atoms with E-state index in [2.05, 4.69) is 39.3 Å². The molecule has 0 saturated heterocycles. The lowest BCUT2D eigenvalue weighted by Crippen LogP contribution is -2.12. The number of allylic oxidation sites excluding steroid dienone is 2. The van der Waals surface area contributed by atoms with Crippen molar-refractivity contribution in [3.8, 4) is 0 Å². The van der Waals surface area contributed by atoms with Crippen molar-refractivity contribution in [2.45, 2.75) is 33.6 Å². The summed E-state index contributed by atoms with van der Waals surface area (Å²) in [5.74, 6) is 0.514. The first kappa shape index (κ1) is 16.1. The highest BCUT2D eigenvalue weighted by atomic mass is 32.1. The Bertz CT molecular complexity index is 888. The highest BCUT2D eigenvalue weighted by molar-refractivity contribution is 7.16. The van der Waals surface area contributed by atoms with Crippen molar-refractivity contribution in [3.05, 3.63) is 39.9 Å². The number of carbonyl (C=O) groups excluding carboxylic acids is 1. The molecule has 1 amide bonds. The number of nitrogens with zero attached hydrogens (tertiary/aromatic N) is 3. The van der Waals surface area contributed by atoms with Gasteiger partial charge in [-0.3, -0.25) is 4.79 Å². The summed E-state index contributed by atoms with van der Waals surface area (Å²) >= 11 is 1.52. The highest BCUT2D eigenvalue weighted by Crippen LogP contribution is 2.38. The zero-order valence-electron chi connectivity index (χ0n) is 14.5. The maximum atomic E-state index is 12.0. The van der Waals surface area contributed by atoms with Crippen molar-refractivity contribution in [3.63, 3.8) is 0 Å². The minimum absolute atomic E-state index is 0.0913. The van der Waals surface area contributed by atoms with Crippen molar-refractivity contribution in [2.24, 2.45) is 11.8 Å². The molecule has 4 rings (SSSR count). The van der Waals surface area contributed by atoms with Crippen LogP contribution in [0.3, 0.4) is 0 Å². The average molecular weight is 352 g/mol. The molecule has 1 saturated carbocycles. The second-order valence-corrected chi connectivity index (χ2v) is 7.73. The normalized spacial score (nSPS) is 19.2. The number of fused-ring (bicyclic) bond motifs is 1. The molecule has 2 aliphatic rings. The third-order valence-electron chi connectivity index (χ3n) is 4.69. The fraction of sp³-hybridized carbons (Fsp3) is 0.368. The van der Waals surface area contributed by atoms with Gasteiger partial charge in [0.2, 0.25) is 5.91 Å². The lowest BCUT2D eigenvalue weighted by atomic mass is 9.92. The molecule has 2 aliphatic carbocycles. The van der Waals surface area contributed by atoms with E-state index < -0.39 is 0 Å². The largest absolute Gasteiger partial charge is 0.302 e. The van der Waals surface area contributed by atoms with Crippen LogP contribution in [0.1, 0.15) is 47.3 Å². The van der Waals surface area contributed by atoms with Gasteiger partial charge in [0.05, 0.1) is 10.6 Å². The summed E-state index contributed by atoms with van der Waals surface area (Å²) in [6.45, 7) is 6.20. The zero-order valence-corrected chi connectivity index (χ0v) is 15.4. The van der Waals surface area contributed by atoms with Crippen molar-refractivity contribution < 1.29 is 4.79 Å². The third-order valence-corrected chi connectivity index (χ3v) is 5.63. The van der Waals surface area contributed by atoms with Gasteiger partial charge < -0.3 is 5.32 Å². The number of hydrogen-bond acceptors (Lipinski definition) is 5. The van der Waals surface area contributed by atoms with Crippen molar-refractivity contribution in [2.75, 3.05) is 5.32 Å². The number of rotatable bonds is 3. The van der Waals surface area contributed by atoms with E-state index in [1.807, 2.05) is 19.9 Å². The summed E-state index contributed by atoms with van der Waals surface area (Å²) in [7, 11) is 0. The van der Waals surface area contributed by atoms with Gasteiger partial charge in [-0.15, -0.1) is 0 Å². The molecule has 5 nitrogen and oxygen atoms in total. The van der Waals surface area contributed by atoms with E-state index in [4.69, 9.17) is 0 Å². The fourth-order valence-electron chi connectivity index (χ4n) is 3.10. The van der Waals surface area contributed by atoms with Gasteiger partial charge in [0.25, 0.3) is 0 Å². The molecule has 6 heteroatoms. The van der Waals surface area contributed by atoms with Gasteiger partial charge in [0.15, 0.2) is 5.13 Å². The first-order chi connectivity index (χ1) is 12.0. The molecule has 1 fully saturated rings. The first-order valence-electron chi connectivity index (χ1n) is 8.53. The number of amides is 1. The molecule has 0 aliphatic heterocycles. The van der Waals surface area contributed by atoms with E-state index in [0.29, 0.717) is 5.13 Å². The molecule has 2 heterocycles. The maximum Gasteiger partial charge on any atom is 0.229 e. The van der Waals surface area contributed by atoms with Crippen LogP contribution in [-0.2, 0) is 4.79 Å². The number of nitrogens with one attached hydrogen (secondary N) is 1. The number of thiazole rings is 1. The second kappa shape index (κ2) is 6.19. The van der Waals surface area contributed by atoms with Crippen LogP contribution >= 0.6 is 11.3 Å². The smallest absolute Gasteiger partial charge is 0.229 e. The third kappa shape index (κ3) is 3.14. The average Bonchev–Trinajstić information content (AvgIpc) is 3.36. The van der Waals surface area contributed by atoms with Crippen LogP contribution in [0.25, 0.3) is 17.7 Å². The van der Waals surface area contributed by atoms with E-state index in [0.717, 1.165) is 40.4 Å². The molecule has 2 aromatic heterocycles. The summed E-state index contributed by atoms with van der Waals surface area (Å²) in [5, 5.41) is 3.63. The van der Waals surface area contributed by atoms with Gasteiger partial charge in [0, 0.05) is 28.8 Å². The summed E-state index contributed by atoms with van der Waals surface area (Å²) in [6.07, 6.45) is 9.95. The minimum atomic E-state index is 0.0913. The topological polar surface area (TPSA) is 67.8 Å². The molecule has 128 valence electrons. The number of aromatic nitrogens is 3. The van der Waals surface area contributed by atoms with Crippen LogP contribution in [0.2, 0.25) is 0 Å². The van der Waals surface area contributed by atoms with Gasteiger partial charge in [-0.25, -0.2) is 15.0 Å². The molecule has 0 unspecified atom stereocenters. The molecular weight excluding hydrogens is 332 g/mol. The molecular formula is C19H20N4OS. The second-order valence-electron chi connectivity index (χ2n) is 6.70. The number of carbonyl (C=O) groups is 1. The predicted octanol–water partition coefficient (Wildman–Crippen LogP) is 4.10. The van der Waals surface area contributed by atoms with Gasteiger partial charge in [0.1, 0.15) is 6.33 Å². The Labute approximate surface area is 150 Å². The molecule has 25 heavy (non-hydrogen) atoms. The van der Waals surface area contributed by atoms with Gasteiger partial charge in [-0.1, -0.05) is 24.3 Å². The molecule has 0 bridgehead atoms. The van der Waals surface area contributed by atoms with Crippen molar-refractivity contribution in [1.29, 1.82) is 0 Å². The Kier molecular flexibility index (Phi) is 4.00. The quantitative estimate of drug-likeness (QED) is 0.903. The van der Waals surface area contributed by atoms with Crippen LogP contribution in [0.4, 0.5) is 5.13 Å². The molecule has 2 aromatic rings. The van der Waals surface area contributed by atoms with Gasteiger partial charge in [-0.05, 0) is 44.4 Å². The number of hydrogen-bond donors (Lipinski definition) is 1. The molecule has 1 atom stereocenters. The Morgan fingerprint density at radius 2 is 1.96 bits per heavy atom. The Morgan fingerprint density at radius 3 is 2.64 bits per heavy atom. The van der Waals surface area contributed by atoms with E-state index in [-0.39, 0.29) is 17.7 Å². The first-order valence-corrected chi connectivity index (χ1v) is 9.34. The number of aryl methyl sites for hydroxylation is 2. The van der Waals surface area contributed by atoms with Crippen LogP contribution in [0, 0.1) is 25.7 Å². The van der Waals surface area contributed by atoms with Gasteiger partial charge >= 0.3 is 0 Å². The minimum Gasteiger partial charge on any atom is -0.302 e. The highest BCUT2D eigenvalue weighted by Gasteiger charge is 2.30. The van der Waals surface area contributed by atoms with Crippen molar-refractivity contribution >= 4 is 40.1 Å². The Balaban J connectivity index is 1.73. The SMILES string of the molecule is Cc1ncnc(C)c1C1=Cc2sc(NC(=O)C3CC3)nc2C=C[C@@H]1C. The molecule has 0 aromatic carbocycles. The molecule has 0 radical (unpaired) electrons. The van der Waals surface area contributed by atoms with Gasteiger partial charge in [-0.2, -0.15) is 0 Å². The lowest BCUT2D eigenvalue weighted by molar-refractivity contribution is -0.117. The van der Waals surface area contributed by atoms with E-state index >= 15 is 0 Å². The van der Waals surface area contributed by atoms with Crippen LogP contribution in [-0.4, -0.2) is 20.9 Å². The van der Waals surface area contributed by atoms with E-state index in [1.165, 1.54) is 16.9 Å². The van der Waals surface area contributed by atoms with Crippen LogP contribution < -0.4 is 5.32 Å². The standard InChI is InChI=1S/C19H20N4OS/c1-10-4-7-15-16(25-19(22-15)23-18(24)13-5-6-13)8-14(10)17-11(2)20-9-21-12(17)3/h4,7-10,13H,5-6H2,1-3H3,(H,22,23,24)/t10-/m0/s1. The Morgan fingerprint density at radius 1 is 1.24 bits per heavy atom. The predicted molar refractivity (Wildman–Crippen MR) is 101 cm³/mol. The fourth-order valence-corrected chi connectivity index (χ4v) is 4.00.